The molecule has 44 heavy (non-hydrogen) atoms. The van der Waals surface area contributed by atoms with Crippen molar-refractivity contribution in [3.05, 3.63) is 70.8 Å². The van der Waals surface area contributed by atoms with Crippen molar-refractivity contribution in [3.8, 4) is 0 Å². The van der Waals surface area contributed by atoms with Crippen LogP contribution in [0.25, 0.3) is 0 Å². The molecule has 0 saturated carbocycles. The minimum atomic E-state index is -0.337. The Hall–Kier alpha value is -1.29. The number of aliphatic hydroxyl groups excluding tert-OH is 1. The highest BCUT2D eigenvalue weighted by Gasteiger charge is 2.27. The minimum Gasteiger partial charge on any atom is -0.396 e. The predicted octanol–water partition coefficient (Wildman–Crippen LogP) is 9.83. The lowest BCUT2D eigenvalue weighted by molar-refractivity contribution is -0.0306. The molecular formula is C39H67O4P. The maximum Gasteiger partial charge on any atom is 0.0875 e. The molecule has 0 aliphatic heterocycles. The Labute approximate surface area is 274 Å². The lowest BCUT2D eigenvalue weighted by atomic mass is 9.76. The average molecular weight is 631 g/mol. The van der Waals surface area contributed by atoms with E-state index in [1.165, 1.54) is 22.3 Å². The molecule has 0 saturated heterocycles. The fourth-order valence-electron chi connectivity index (χ4n) is 4.66. The molecular weight excluding hydrogens is 563 g/mol. The SMILES string of the molecule is CC(C)OCC(C)(C)CCO.CC(C)OCC(C)(P)CCOC(C)(C)c1ccc(C(C)(C)c2ccc(C(C)(C)C)cc2)cc1. The number of aliphatic hydroxyl groups is 1. The molecule has 0 amide bonds. The van der Waals surface area contributed by atoms with Crippen LogP contribution in [0, 0.1) is 5.41 Å². The van der Waals surface area contributed by atoms with Crippen molar-refractivity contribution in [1.29, 1.82) is 0 Å². The van der Waals surface area contributed by atoms with Gasteiger partial charge in [-0.25, -0.2) is 0 Å². The van der Waals surface area contributed by atoms with E-state index in [4.69, 9.17) is 19.3 Å². The smallest absolute Gasteiger partial charge is 0.0875 e. The van der Waals surface area contributed by atoms with Crippen molar-refractivity contribution in [3.63, 3.8) is 0 Å². The highest BCUT2D eigenvalue weighted by Crippen LogP contribution is 2.35. The average Bonchev–Trinajstić information content (AvgIpc) is 2.91. The molecule has 0 aliphatic carbocycles. The highest BCUT2D eigenvalue weighted by molar-refractivity contribution is 7.18. The second-order valence-electron chi connectivity index (χ2n) is 16.1. The van der Waals surface area contributed by atoms with E-state index < -0.39 is 0 Å². The molecule has 1 N–H and O–H groups in total. The van der Waals surface area contributed by atoms with Crippen molar-refractivity contribution in [2.24, 2.45) is 5.41 Å². The number of rotatable bonds is 15. The molecule has 252 valence electrons. The van der Waals surface area contributed by atoms with Gasteiger partial charge in [-0.2, -0.15) is 0 Å². The molecule has 2 atom stereocenters. The van der Waals surface area contributed by atoms with Gasteiger partial charge in [0.15, 0.2) is 0 Å². The highest BCUT2D eigenvalue weighted by atomic mass is 31.0. The number of ether oxygens (including phenoxy) is 3. The monoisotopic (exact) mass is 630 g/mol. The Kier molecular flexibility index (Phi) is 15.8. The molecule has 4 nitrogen and oxygen atoms in total. The summed E-state index contributed by atoms with van der Waals surface area (Å²) in [6, 6.07) is 18.1. The van der Waals surface area contributed by atoms with Gasteiger partial charge in [0.25, 0.3) is 0 Å². The van der Waals surface area contributed by atoms with E-state index in [1.807, 2.05) is 13.8 Å². The van der Waals surface area contributed by atoms with Crippen LogP contribution in [0.4, 0.5) is 0 Å². The zero-order chi connectivity index (χ0) is 34.0. The van der Waals surface area contributed by atoms with Crippen molar-refractivity contribution in [2.75, 3.05) is 26.4 Å². The molecule has 2 aromatic rings. The van der Waals surface area contributed by atoms with Crippen LogP contribution in [0.2, 0.25) is 0 Å². The summed E-state index contributed by atoms with van der Waals surface area (Å²) in [5.41, 5.74) is 5.11. The zero-order valence-corrected chi connectivity index (χ0v) is 31.9. The van der Waals surface area contributed by atoms with Crippen molar-refractivity contribution < 1.29 is 19.3 Å². The summed E-state index contributed by atoms with van der Waals surface area (Å²) in [4.78, 5) is 0. The zero-order valence-electron chi connectivity index (χ0n) is 30.8. The van der Waals surface area contributed by atoms with Gasteiger partial charge in [-0.05, 0) is 87.5 Å². The molecule has 2 rings (SSSR count). The molecule has 0 aliphatic rings. The van der Waals surface area contributed by atoms with Gasteiger partial charge in [0.05, 0.1) is 31.0 Å². The van der Waals surface area contributed by atoms with Gasteiger partial charge in [-0.1, -0.05) is 104 Å². The third-order valence-corrected chi connectivity index (χ3v) is 8.71. The van der Waals surface area contributed by atoms with E-state index in [1.54, 1.807) is 0 Å². The van der Waals surface area contributed by atoms with Crippen LogP contribution in [-0.2, 0) is 30.6 Å². The Bertz CT molecular complexity index is 1070. The standard InChI is InChI=1S/C30H47O2P.C9H20O2/c1-22(2)31-21-30(10,33)19-20-32-29(8,9)26-17-15-25(16-18-26)28(6,7)24-13-11-23(12-14-24)27(3,4)5;1-8(2)11-7-9(3,4)5-6-10/h11-18,22H,19-21,33H2,1-10H3;8,10H,5-7H2,1-4H3. The van der Waals surface area contributed by atoms with Crippen LogP contribution in [-0.4, -0.2) is 48.9 Å². The van der Waals surface area contributed by atoms with Gasteiger partial charge >= 0.3 is 0 Å². The molecule has 2 aromatic carbocycles. The molecule has 0 aromatic heterocycles. The maximum atomic E-state index is 8.71. The first kappa shape index (κ1) is 40.7. The summed E-state index contributed by atoms with van der Waals surface area (Å²) in [6.07, 6.45) is 2.28. The van der Waals surface area contributed by atoms with E-state index in [2.05, 4.69) is 141 Å². The first-order valence-electron chi connectivity index (χ1n) is 16.5. The number of hydrogen-bond donors (Lipinski definition) is 1. The third-order valence-electron chi connectivity index (χ3n) is 8.25. The number of hydrogen-bond acceptors (Lipinski definition) is 4. The van der Waals surface area contributed by atoms with E-state index in [-0.39, 0.29) is 45.8 Å². The van der Waals surface area contributed by atoms with E-state index in [9.17, 15) is 0 Å². The topological polar surface area (TPSA) is 47.9 Å². The minimum absolute atomic E-state index is 0.0246. The third kappa shape index (κ3) is 14.4. The summed E-state index contributed by atoms with van der Waals surface area (Å²) in [7, 11) is 2.94. The summed E-state index contributed by atoms with van der Waals surface area (Å²) in [6.45, 7) is 32.7. The molecule has 0 fully saturated rings. The van der Waals surface area contributed by atoms with Gasteiger partial charge in [0.1, 0.15) is 0 Å². The van der Waals surface area contributed by atoms with Crippen LogP contribution < -0.4 is 0 Å². The summed E-state index contributed by atoms with van der Waals surface area (Å²) in [5, 5.41) is 8.74. The fourth-order valence-corrected chi connectivity index (χ4v) is 4.87. The lowest BCUT2D eigenvalue weighted by Gasteiger charge is -2.31. The van der Waals surface area contributed by atoms with Gasteiger partial charge in [0, 0.05) is 23.8 Å². The van der Waals surface area contributed by atoms with E-state index >= 15 is 0 Å². The Morgan fingerprint density at radius 2 is 1.02 bits per heavy atom. The maximum absolute atomic E-state index is 8.71. The molecule has 0 radical (unpaired) electrons. The number of benzene rings is 2. The van der Waals surface area contributed by atoms with Crippen LogP contribution in [0.3, 0.4) is 0 Å². The van der Waals surface area contributed by atoms with Crippen LogP contribution in [0.5, 0.6) is 0 Å². The predicted molar refractivity (Wildman–Crippen MR) is 193 cm³/mol. The second-order valence-corrected chi connectivity index (χ2v) is 17.5. The molecule has 0 spiro atoms. The molecule has 2 unspecified atom stereocenters. The lowest BCUT2D eigenvalue weighted by Crippen LogP contribution is -2.30. The second kappa shape index (κ2) is 17.0. The van der Waals surface area contributed by atoms with E-state index in [0.717, 1.165) is 26.1 Å². The van der Waals surface area contributed by atoms with Crippen molar-refractivity contribution in [2.45, 2.75) is 144 Å². The van der Waals surface area contributed by atoms with Gasteiger partial charge in [-0.3, -0.25) is 0 Å². The normalized spacial score (nSPS) is 14.4. The van der Waals surface area contributed by atoms with Gasteiger partial charge < -0.3 is 19.3 Å². The fraction of sp³-hybridized carbons (Fsp3) is 0.692. The van der Waals surface area contributed by atoms with Crippen LogP contribution >= 0.6 is 9.24 Å². The van der Waals surface area contributed by atoms with Crippen LogP contribution in [0.15, 0.2) is 48.5 Å². The van der Waals surface area contributed by atoms with Gasteiger partial charge in [-0.15, -0.1) is 9.24 Å². The first-order valence-corrected chi connectivity index (χ1v) is 17.1. The van der Waals surface area contributed by atoms with Crippen molar-refractivity contribution in [1.82, 2.24) is 0 Å². The van der Waals surface area contributed by atoms with Crippen LogP contribution in [0.1, 0.15) is 132 Å². The van der Waals surface area contributed by atoms with E-state index in [0.29, 0.717) is 6.61 Å². The van der Waals surface area contributed by atoms with Crippen molar-refractivity contribution >= 4 is 9.24 Å². The Balaban J connectivity index is 0.000000747. The molecule has 5 heteroatoms. The molecule has 0 heterocycles. The quantitative estimate of drug-likeness (QED) is 0.199. The molecule has 0 bridgehead atoms. The summed E-state index contributed by atoms with van der Waals surface area (Å²) in [5.74, 6) is 0. The first-order chi connectivity index (χ1) is 20.0. The largest absolute Gasteiger partial charge is 0.396 e. The Morgan fingerprint density at radius 3 is 1.43 bits per heavy atom. The summed E-state index contributed by atoms with van der Waals surface area (Å²) < 4.78 is 17.6. The summed E-state index contributed by atoms with van der Waals surface area (Å²) >= 11 is 0. The van der Waals surface area contributed by atoms with Gasteiger partial charge in [0.2, 0.25) is 0 Å². The Morgan fingerprint density at radius 1 is 0.614 bits per heavy atom.